The van der Waals surface area contributed by atoms with Gasteiger partial charge in [0.05, 0.1) is 6.61 Å². The molecule has 0 amide bonds. The van der Waals surface area contributed by atoms with Crippen molar-refractivity contribution in [3.8, 4) is 0 Å². The molecular weight excluding hydrogens is 360 g/mol. The van der Waals surface area contributed by atoms with Crippen LogP contribution in [0.1, 0.15) is 23.9 Å². The van der Waals surface area contributed by atoms with E-state index >= 15 is 0 Å². The maximum Gasteiger partial charge on any atom is 0.205 e. The molecule has 0 saturated carbocycles. The second-order valence-electron chi connectivity index (χ2n) is 6.47. The lowest BCUT2D eigenvalue weighted by Crippen LogP contribution is -2.52. The minimum absolute atomic E-state index is 0.647. The first-order valence-corrected chi connectivity index (χ1v) is 10.1. The molecule has 2 aromatic rings. The average molecular weight is 389 g/mol. The molecule has 1 aliphatic heterocycles. The van der Waals surface area contributed by atoms with E-state index in [2.05, 4.69) is 60.7 Å². The highest BCUT2D eigenvalue weighted by atomic mass is 32.1. The van der Waals surface area contributed by atoms with Crippen molar-refractivity contribution in [2.45, 2.75) is 26.5 Å². The summed E-state index contributed by atoms with van der Waals surface area (Å²) in [4.78, 5) is 13.7. The van der Waals surface area contributed by atoms with Crippen molar-refractivity contribution in [2.75, 3.05) is 45.2 Å². The number of ether oxygens (including phenoxy) is 1. The van der Waals surface area contributed by atoms with E-state index in [1.807, 2.05) is 7.05 Å². The van der Waals surface area contributed by atoms with Crippen LogP contribution in [0, 0.1) is 0 Å². The van der Waals surface area contributed by atoms with Crippen molar-refractivity contribution in [3.05, 3.63) is 41.2 Å². The normalized spacial score (nSPS) is 15.3. The smallest absolute Gasteiger partial charge is 0.205 e. The highest BCUT2D eigenvalue weighted by Gasteiger charge is 2.21. The Hall–Kier alpha value is -2.19. The van der Waals surface area contributed by atoms with E-state index < -0.39 is 0 Å². The van der Waals surface area contributed by atoms with Crippen molar-refractivity contribution in [2.24, 2.45) is 4.99 Å². The Balaban J connectivity index is 1.50. The van der Waals surface area contributed by atoms with Gasteiger partial charge in [0.1, 0.15) is 5.82 Å². The van der Waals surface area contributed by atoms with Crippen LogP contribution in [0.15, 0.2) is 29.3 Å². The molecule has 1 fully saturated rings. The summed E-state index contributed by atoms with van der Waals surface area (Å²) in [7, 11) is 3.56. The predicted octanol–water partition coefficient (Wildman–Crippen LogP) is 2.14. The summed E-state index contributed by atoms with van der Waals surface area (Å²) in [5.74, 6) is 1.88. The molecule has 1 aromatic heterocycles. The summed E-state index contributed by atoms with van der Waals surface area (Å²) in [6, 6.07) is 8.48. The first kappa shape index (κ1) is 19.6. The van der Waals surface area contributed by atoms with Crippen LogP contribution in [0.2, 0.25) is 0 Å². The Morgan fingerprint density at radius 3 is 2.48 bits per heavy atom. The number of piperazine rings is 1. The van der Waals surface area contributed by atoms with E-state index in [9.17, 15) is 0 Å². The second kappa shape index (κ2) is 9.66. The molecule has 0 bridgehead atoms. The van der Waals surface area contributed by atoms with Gasteiger partial charge < -0.3 is 19.9 Å². The number of methoxy groups -OCH3 is 1. The Labute approximate surface area is 165 Å². The van der Waals surface area contributed by atoms with Gasteiger partial charge in [0, 0.05) is 64.8 Å². The van der Waals surface area contributed by atoms with Gasteiger partial charge in [0.2, 0.25) is 5.13 Å². The number of aryl methyl sites for hydroxylation is 1. The molecule has 2 heterocycles. The fourth-order valence-corrected chi connectivity index (χ4v) is 3.86. The Bertz CT molecular complexity index is 737. The standard InChI is InChI=1S/C19H28N6OS/c1-4-17-22-19(27-23-17)25-11-9-24(10-12-25)18(20-2)21-13-15-5-7-16(8-6-15)14-26-3/h5-8H,4,9-14H2,1-3H3,(H,20,21). The number of hydrogen-bond donors (Lipinski definition) is 1. The van der Waals surface area contributed by atoms with E-state index in [0.29, 0.717) is 6.61 Å². The summed E-state index contributed by atoms with van der Waals surface area (Å²) in [5.41, 5.74) is 2.42. The van der Waals surface area contributed by atoms with Crippen molar-refractivity contribution in [1.29, 1.82) is 0 Å². The fourth-order valence-electron chi connectivity index (χ4n) is 3.06. The van der Waals surface area contributed by atoms with Gasteiger partial charge in [-0.05, 0) is 11.1 Å². The molecule has 0 spiro atoms. The number of benzene rings is 1. The molecule has 0 aliphatic carbocycles. The third kappa shape index (κ3) is 5.17. The van der Waals surface area contributed by atoms with E-state index in [4.69, 9.17) is 4.74 Å². The number of aliphatic imine (C=N–C) groups is 1. The van der Waals surface area contributed by atoms with Crippen LogP contribution >= 0.6 is 11.5 Å². The fraction of sp³-hybridized carbons (Fsp3) is 0.526. The monoisotopic (exact) mass is 388 g/mol. The summed E-state index contributed by atoms with van der Waals surface area (Å²) in [6.07, 6.45) is 0.888. The third-order valence-corrected chi connectivity index (χ3v) is 5.43. The minimum atomic E-state index is 0.647. The lowest BCUT2D eigenvalue weighted by atomic mass is 10.1. The van der Waals surface area contributed by atoms with Gasteiger partial charge in [0.25, 0.3) is 0 Å². The molecule has 1 N–H and O–H groups in total. The van der Waals surface area contributed by atoms with Crippen LogP contribution in [0.25, 0.3) is 0 Å². The average Bonchev–Trinajstić information content (AvgIpc) is 3.20. The lowest BCUT2D eigenvalue weighted by Gasteiger charge is -2.36. The second-order valence-corrected chi connectivity index (χ2v) is 7.20. The van der Waals surface area contributed by atoms with Crippen molar-refractivity contribution in [1.82, 2.24) is 19.6 Å². The Kier molecular flexibility index (Phi) is 7.00. The van der Waals surface area contributed by atoms with E-state index in [0.717, 1.165) is 56.1 Å². The maximum atomic E-state index is 5.16. The number of hydrogen-bond acceptors (Lipinski definition) is 6. The highest BCUT2D eigenvalue weighted by Crippen LogP contribution is 2.19. The quantitative estimate of drug-likeness (QED) is 0.604. The number of rotatable bonds is 6. The number of nitrogens with one attached hydrogen (secondary N) is 1. The molecule has 0 unspecified atom stereocenters. The van der Waals surface area contributed by atoms with E-state index in [1.165, 1.54) is 22.7 Å². The molecule has 27 heavy (non-hydrogen) atoms. The van der Waals surface area contributed by atoms with Crippen LogP contribution in [0.4, 0.5) is 5.13 Å². The van der Waals surface area contributed by atoms with Gasteiger partial charge in [-0.1, -0.05) is 31.2 Å². The molecule has 8 heteroatoms. The summed E-state index contributed by atoms with van der Waals surface area (Å²) in [6.45, 7) is 7.21. The van der Waals surface area contributed by atoms with Crippen LogP contribution in [0.3, 0.4) is 0 Å². The molecule has 7 nitrogen and oxygen atoms in total. The summed E-state index contributed by atoms with van der Waals surface area (Å²) < 4.78 is 9.55. The molecule has 146 valence electrons. The van der Waals surface area contributed by atoms with E-state index in [1.54, 1.807) is 7.11 Å². The van der Waals surface area contributed by atoms with Gasteiger partial charge in [-0.2, -0.15) is 4.37 Å². The Morgan fingerprint density at radius 1 is 1.19 bits per heavy atom. The zero-order chi connectivity index (χ0) is 19.1. The summed E-state index contributed by atoms with van der Waals surface area (Å²) >= 11 is 1.50. The van der Waals surface area contributed by atoms with Gasteiger partial charge in [-0.25, -0.2) is 4.98 Å². The molecule has 0 radical (unpaired) electrons. The lowest BCUT2D eigenvalue weighted by molar-refractivity contribution is 0.185. The first-order chi connectivity index (χ1) is 13.2. The number of nitrogens with zero attached hydrogens (tertiary/aromatic N) is 5. The minimum Gasteiger partial charge on any atom is -0.380 e. The van der Waals surface area contributed by atoms with Gasteiger partial charge in [-0.15, -0.1) is 0 Å². The Morgan fingerprint density at radius 2 is 1.89 bits per heavy atom. The third-order valence-electron chi connectivity index (χ3n) is 4.62. The molecule has 1 aliphatic rings. The molecule has 1 aromatic carbocycles. The molecule has 1 saturated heterocycles. The SMILES string of the molecule is CCc1nsc(N2CCN(C(=NC)NCc3ccc(COC)cc3)CC2)n1. The van der Waals surface area contributed by atoms with Crippen LogP contribution < -0.4 is 10.2 Å². The van der Waals surface area contributed by atoms with Crippen LogP contribution in [0.5, 0.6) is 0 Å². The van der Waals surface area contributed by atoms with Gasteiger partial charge in [0.15, 0.2) is 5.96 Å². The zero-order valence-electron chi connectivity index (χ0n) is 16.3. The molecule has 0 atom stereocenters. The van der Waals surface area contributed by atoms with E-state index in [-0.39, 0.29) is 0 Å². The number of anilines is 1. The number of guanidine groups is 1. The van der Waals surface area contributed by atoms with Crippen molar-refractivity contribution < 1.29 is 4.74 Å². The zero-order valence-corrected chi connectivity index (χ0v) is 17.1. The van der Waals surface area contributed by atoms with Crippen molar-refractivity contribution >= 4 is 22.6 Å². The van der Waals surface area contributed by atoms with Crippen LogP contribution in [-0.2, 0) is 24.3 Å². The number of aromatic nitrogens is 2. The largest absolute Gasteiger partial charge is 0.380 e. The van der Waals surface area contributed by atoms with Crippen LogP contribution in [-0.4, -0.2) is 60.6 Å². The first-order valence-electron chi connectivity index (χ1n) is 9.33. The highest BCUT2D eigenvalue weighted by molar-refractivity contribution is 7.09. The predicted molar refractivity (Wildman–Crippen MR) is 110 cm³/mol. The molecular formula is C19H28N6OS. The van der Waals surface area contributed by atoms with Gasteiger partial charge in [-0.3, -0.25) is 4.99 Å². The van der Waals surface area contributed by atoms with Crippen molar-refractivity contribution in [3.63, 3.8) is 0 Å². The maximum absolute atomic E-state index is 5.16. The van der Waals surface area contributed by atoms with Gasteiger partial charge >= 0.3 is 0 Å². The topological polar surface area (TPSA) is 65.9 Å². The summed E-state index contributed by atoms with van der Waals surface area (Å²) in [5, 5.41) is 4.51. The molecule has 3 rings (SSSR count).